The molecule has 0 spiro atoms. The lowest BCUT2D eigenvalue weighted by atomic mass is 9.97. The van der Waals surface area contributed by atoms with Crippen LogP contribution in [0.2, 0.25) is 0 Å². The molecule has 2 aromatic rings. The van der Waals surface area contributed by atoms with Crippen LogP contribution in [0, 0.1) is 13.8 Å². The van der Waals surface area contributed by atoms with Crippen molar-refractivity contribution in [2.24, 2.45) is 0 Å². The number of aromatic carboxylic acids is 1. The van der Waals surface area contributed by atoms with Crippen molar-refractivity contribution in [2.75, 3.05) is 0 Å². The Labute approximate surface area is 113 Å². The van der Waals surface area contributed by atoms with Crippen LogP contribution >= 0.6 is 0 Å². The van der Waals surface area contributed by atoms with Gasteiger partial charge in [0.25, 0.3) is 0 Å². The molecule has 0 unspecified atom stereocenters. The number of aromatic nitrogens is 1. The quantitative estimate of drug-likeness (QED) is 0.901. The smallest absolute Gasteiger partial charge is 0.338 e. The summed E-state index contributed by atoms with van der Waals surface area (Å²) in [7, 11) is 0. The summed E-state index contributed by atoms with van der Waals surface area (Å²) in [6.07, 6.45) is 0. The first-order chi connectivity index (χ1) is 8.90. The number of carbonyl (C=O) groups is 1. The number of fused-ring (bicyclic) bond motifs is 1. The second-order valence-electron chi connectivity index (χ2n) is 5.36. The maximum Gasteiger partial charge on any atom is 0.338 e. The molecule has 19 heavy (non-hydrogen) atoms. The largest absolute Gasteiger partial charge is 0.478 e. The monoisotopic (exact) mass is 259 g/mol. The molecule has 0 radical (unpaired) electrons. The number of hydrogen-bond acceptors (Lipinski definition) is 1. The van der Waals surface area contributed by atoms with E-state index in [1.54, 1.807) is 0 Å². The molecule has 0 aliphatic carbocycles. The van der Waals surface area contributed by atoms with Crippen molar-refractivity contribution in [3.8, 4) is 0 Å². The third-order valence-corrected chi connectivity index (χ3v) is 3.85. The first kappa shape index (κ1) is 13.7. The van der Waals surface area contributed by atoms with Gasteiger partial charge in [-0.05, 0) is 37.8 Å². The number of carboxylic acids is 1. The molecule has 102 valence electrons. The van der Waals surface area contributed by atoms with Crippen molar-refractivity contribution in [3.05, 3.63) is 34.5 Å². The molecule has 1 N–H and O–H groups in total. The molecule has 0 bridgehead atoms. The fourth-order valence-electron chi connectivity index (χ4n) is 3.09. The van der Waals surface area contributed by atoms with Gasteiger partial charge >= 0.3 is 5.97 Å². The summed E-state index contributed by atoms with van der Waals surface area (Å²) in [6.45, 7) is 11.1. The summed E-state index contributed by atoms with van der Waals surface area (Å²) in [6, 6.07) is 3.97. The Kier molecular flexibility index (Phi) is 3.40. The van der Waals surface area contributed by atoms with E-state index in [0.717, 1.165) is 23.0 Å². The zero-order valence-corrected chi connectivity index (χ0v) is 12.2. The van der Waals surface area contributed by atoms with Crippen molar-refractivity contribution < 1.29 is 9.90 Å². The summed E-state index contributed by atoms with van der Waals surface area (Å²) < 4.78 is 2.13. The fourth-order valence-corrected chi connectivity index (χ4v) is 3.09. The number of benzene rings is 1. The molecule has 1 heterocycles. The second-order valence-corrected chi connectivity index (χ2v) is 5.36. The van der Waals surface area contributed by atoms with Crippen molar-refractivity contribution in [1.82, 2.24) is 4.57 Å². The third kappa shape index (κ3) is 1.93. The van der Waals surface area contributed by atoms with Crippen LogP contribution in [-0.4, -0.2) is 15.6 Å². The van der Waals surface area contributed by atoms with E-state index in [1.807, 2.05) is 13.0 Å². The first-order valence-corrected chi connectivity index (χ1v) is 6.75. The van der Waals surface area contributed by atoms with E-state index in [4.69, 9.17) is 0 Å². The van der Waals surface area contributed by atoms with Crippen LogP contribution in [0.1, 0.15) is 53.9 Å². The van der Waals surface area contributed by atoms with Gasteiger partial charge in [-0.2, -0.15) is 0 Å². The highest BCUT2D eigenvalue weighted by Gasteiger charge is 2.22. The van der Waals surface area contributed by atoms with E-state index in [2.05, 4.69) is 38.3 Å². The Hall–Kier alpha value is -1.77. The Balaban J connectivity index is 3.02. The summed E-state index contributed by atoms with van der Waals surface area (Å²) in [4.78, 5) is 11.6. The van der Waals surface area contributed by atoms with E-state index in [9.17, 15) is 9.90 Å². The van der Waals surface area contributed by atoms with Gasteiger partial charge in [0.05, 0.1) is 11.1 Å². The zero-order valence-electron chi connectivity index (χ0n) is 12.2. The van der Waals surface area contributed by atoms with Crippen molar-refractivity contribution in [2.45, 2.75) is 47.1 Å². The predicted octanol–water partition coefficient (Wildman–Crippen LogP) is 4.10. The van der Waals surface area contributed by atoms with Gasteiger partial charge in [-0.25, -0.2) is 4.79 Å². The molecule has 2 rings (SSSR count). The van der Waals surface area contributed by atoms with Gasteiger partial charge in [0.1, 0.15) is 0 Å². The highest BCUT2D eigenvalue weighted by molar-refractivity contribution is 6.05. The third-order valence-electron chi connectivity index (χ3n) is 3.85. The SMILES string of the molecule is CCn1c(C)c(C(C)C)c2ccc(C)c(C(=O)O)c21. The number of rotatable bonds is 3. The topological polar surface area (TPSA) is 42.2 Å². The Morgan fingerprint density at radius 3 is 2.42 bits per heavy atom. The molecular formula is C16H21NO2. The summed E-state index contributed by atoms with van der Waals surface area (Å²) in [5.41, 5.74) is 4.58. The molecule has 0 atom stereocenters. The summed E-state index contributed by atoms with van der Waals surface area (Å²) >= 11 is 0. The number of hydrogen-bond donors (Lipinski definition) is 1. The molecule has 1 aromatic heterocycles. The normalized spacial score (nSPS) is 11.5. The van der Waals surface area contributed by atoms with Crippen LogP contribution in [0.4, 0.5) is 0 Å². The maximum atomic E-state index is 11.6. The van der Waals surface area contributed by atoms with Gasteiger partial charge in [0.15, 0.2) is 0 Å². The fraction of sp³-hybridized carbons (Fsp3) is 0.438. The van der Waals surface area contributed by atoms with Gasteiger partial charge in [-0.1, -0.05) is 26.0 Å². The van der Waals surface area contributed by atoms with E-state index >= 15 is 0 Å². The summed E-state index contributed by atoms with van der Waals surface area (Å²) in [5.74, 6) is -0.453. The average molecular weight is 259 g/mol. The minimum Gasteiger partial charge on any atom is -0.478 e. The first-order valence-electron chi connectivity index (χ1n) is 6.75. The number of aryl methyl sites for hydroxylation is 2. The lowest BCUT2D eigenvalue weighted by Crippen LogP contribution is -2.05. The van der Waals surface area contributed by atoms with Crippen LogP contribution in [0.25, 0.3) is 10.9 Å². The molecule has 1 aromatic carbocycles. The molecule has 0 saturated heterocycles. The van der Waals surface area contributed by atoms with Crippen molar-refractivity contribution in [3.63, 3.8) is 0 Å². The molecule has 0 aliphatic rings. The van der Waals surface area contributed by atoms with Gasteiger partial charge in [0.2, 0.25) is 0 Å². The van der Waals surface area contributed by atoms with Crippen LogP contribution in [0.15, 0.2) is 12.1 Å². The van der Waals surface area contributed by atoms with Gasteiger partial charge in [-0.15, -0.1) is 0 Å². The van der Waals surface area contributed by atoms with Crippen LogP contribution in [0.5, 0.6) is 0 Å². The highest BCUT2D eigenvalue weighted by Crippen LogP contribution is 2.34. The minimum atomic E-state index is -0.842. The van der Waals surface area contributed by atoms with E-state index < -0.39 is 5.97 Å². The van der Waals surface area contributed by atoms with E-state index in [0.29, 0.717) is 11.5 Å². The molecule has 3 heteroatoms. The number of nitrogens with zero attached hydrogens (tertiary/aromatic N) is 1. The molecule has 0 amide bonds. The van der Waals surface area contributed by atoms with E-state index in [-0.39, 0.29) is 0 Å². The maximum absolute atomic E-state index is 11.6. The minimum absolute atomic E-state index is 0.389. The second kappa shape index (κ2) is 4.72. The highest BCUT2D eigenvalue weighted by atomic mass is 16.4. The van der Waals surface area contributed by atoms with Gasteiger partial charge < -0.3 is 9.67 Å². The molecule has 3 nitrogen and oxygen atoms in total. The average Bonchev–Trinajstić information content (AvgIpc) is 2.59. The molecule has 0 saturated carbocycles. The van der Waals surface area contributed by atoms with Crippen LogP contribution in [0.3, 0.4) is 0 Å². The lowest BCUT2D eigenvalue weighted by molar-refractivity contribution is 0.0698. The van der Waals surface area contributed by atoms with Crippen LogP contribution in [-0.2, 0) is 6.54 Å². The van der Waals surface area contributed by atoms with E-state index in [1.165, 1.54) is 11.3 Å². The summed E-state index contributed by atoms with van der Waals surface area (Å²) in [5, 5.41) is 10.6. The van der Waals surface area contributed by atoms with Gasteiger partial charge in [-0.3, -0.25) is 0 Å². The van der Waals surface area contributed by atoms with Crippen molar-refractivity contribution >= 4 is 16.9 Å². The standard InChI is InChI=1S/C16H21NO2/c1-6-17-11(5)13(9(2)3)12-8-7-10(4)14(15(12)17)16(18)19/h7-9H,6H2,1-5H3,(H,18,19). The van der Waals surface area contributed by atoms with Crippen LogP contribution < -0.4 is 0 Å². The molecule has 0 fully saturated rings. The zero-order chi connectivity index (χ0) is 14.3. The van der Waals surface area contributed by atoms with Crippen molar-refractivity contribution in [1.29, 1.82) is 0 Å². The lowest BCUT2D eigenvalue weighted by Gasteiger charge is -2.08. The Bertz CT molecular complexity index is 651. The molecule has 0 aliphatic heterocycles. The van der Waals surface area contributed by atoms with Gasteiger partial charge in [0, 0.05) is 17.6 Å². The Morgan fingerprint density at radius 2 is 1.95 bits per heavy atom. The number of carboxylic acid groups (broad SMARTS) is 1. The predicted molar refractivity (Wildman–Crippen MR) is 78.1 cm³/mol. The Morgan fingerprint density at radius 1 is 1.32 bits per heavy atom. The molecular weight excluding hydrogens is 238 g/mol.